The van der Waals surface area contributed by atoms with Crippen molar-refractivity contribution in [2.75, 3.05) is 18.2 Å². The van der Waals surface area contributed by atoms with Gasteiger partial charge in [-0.15, -0.1) is 11.3 Å². The molecule has 0 unspecified atom stereocenters. The van der Waals surface area contributed by atoms with E-state index >= 15 is 0 Å². The molecule has 0 aliphatic carbocycles. The summed E-state index contributed by atoms with van der Waals surface area (Å²) in [5.74, 6) is -0.399. The molecule has 28 heavy (non-hydrogen) atoms. The first-order chi connectivity index (χ1) is 13.5. The number of carbonyl (C=O) groups is 2. The molecule has 0 saturated heterocycles. The predicted octanol–water partition coefficient (Wildman–Crippen LogP) is 3.53. The first-order valence-electron chi connectivity index (χ1n) is 8.50. The van der Waals surface area contributed by atoms with Gasteiger partial charge in [-0.05, 0) is 19.4 Å². The van der Waals surface area contributed by atoms with Crippen molar-refractivity contribution in [2.24, 2.45) is 0 Å². The number of imidazole rings is 1. The number of nitrogens with zero attached hydrogens (tertiary/aromatic N) is 3. The molecule has 0 saturated carbocycles. The monoisotopic (exact) mass is 416 g/mol. The summed E-state index contributed by atoms with van der Waals surface area (Å²) in [5.41, 5.74) is 3.75. The van der Waals surface area contributed by atoms with Crippen molar-refractivity contribution in [3.63, 3.8) is 0 Å². The molecule has 146 valence electrons. The summed E-state index contributed by atoms with van der Waals surface area (Å²) in [6.07, 6.45) is 1.71. The number of hydrogen-bond donors (Lipinski definition) is 1. The minimum atomic E-state index is -0.379. The number of ether oxygens (including phenoxy) is 1. The fourth-order valence-corrected chi connectivity index (χ4v) is 3.95. The third kappa shape index (κ3) is 4.99. The van der Waals surface area contributed by atoms with Crippen molar-refractivity contribution in [1.29, 1.82) is 0 Å². The SMILES string of the molecule is COC(=O)Cn1c(-c2ccc(C)cc2)cnc1SCC(=O)Nc1nc(C)cs1. The van der Waals surface area contributed by atoms with Crippen molar-refractivity contribution < 1.29 is 14.3 Å². The molecule has 3 rings (SSSR count). The number of aromatic nitrogens is 3. The fourth-order valence-electron chi connectivity index (χ4n) is 2.47. The van der Waals surface area contributed by atoms with Crippen LogP contribution in [-0.2, 0) is 20.9 Å². The quantitative estimate of drug-likeness (QED) is 0.468. The molecule has 0 bridgehead atoms. The van der Waals surface area contributed by atoms with E-state index in [1.54, 1.807) is 10.8 Å². The summed E-state index contributed by atoms with van der Waals surface area (Å²) >= 11 is 2.64. The van der Waals surface area contributed by atoms with Gasteiger partial charge in [-0.25, -0.2) is 9.97 Å². The zero-order valence-corrected chi connectivity index (χ0v) is 17.4. The number of anilines is 1. The van der Waals surface area contributed by atoms with Gasteiger partial charge in [-0.1, -0.05) is 41.6 Å². The Morgan fingerprint density at radius 1 is 1.25 bits per heavy atom. The highest BCUT2D eigenvalue weighted by Gasteiger charge is 2.17. The lowest BCUT2D eigenvalue weighted by molar-refractivity contribution is -0.141. The van der Waals surface area contributed by atoms with E-state index in [1.165, 1.54) is 30.2 Å². The number of nitrogens with one attached hydrogen (secondary N) is 1. The molecule has 7 nitrogen and oxygen atoms in total. The number of methoxy groups -OCH3 is 1. The number of amides is 1. The van der Waals surface area contributed by atoms with Crippen LogP contribution in [0.5, 0.6) is 0 Å². The molecule has 2 aromatic heterocycles. The van der Waals surface area contributed by atoms with Crippen molar-refractivity contribution in [3.05, 3.63) is 47.1 Å². The highest BCUT2D eigenvalue weighted by molar-refractivity contribution is 7.99. The van der Waals surface area contributed by atoms with Gasteiger partial charge >= 0.3 is 5.97 Å². The van der Waals surface area contributed by atoms with E-state index in [9.17, 15) is 9.59 Å². The number of esters is 1. The van der Waals surface area contributed by atoms with E-state index in [-0.39, 0.29) is 24.2 Å². The Morgan fingerprint density at radius 2 is 2.00 bits per heavy atom. The summed E-state index contributed by atoms with van der Waals surface area (Å²) in [6, 6.07) is 7.96. The maximum absolute atomic E-state index is 12.2. The first-order valence-corrected chi connectivity index (χ1v) is 10.4. The third-order valence-electron chi connectivity index (χ3n) is 3.88. The zero-order chi connectivity index (χ0) is 20.1. The van der Waals surface area contributed by atoms with Crippen LogP contribution in [-0.4, -0.2) is 39.3 Å². The van der Waals surface area contributed by atoms with Crippen LogP contribution in [0.3, 0.4) is 0 Å². The Morgan fingerprint density at radius 3 is 2.64 bits per heavy atom. The lowest BCUT2D eigenvalue weighted by Crippen LogP contribution is -2.16. The van der Waals surface area contributed by atoms with E-state index in [4.69, 9.17) is 4.74 Å². The first kappa shape index (κ1) is 20.1. The van der Waals surface area contributed by atoms with Crippen LogP contribution >= 0.6 is 23.1 Å². The second-order valence-electron chi connectivity index (χ2n) is 6.09. The lowest BCUT2D eigenvalue weighted by atomic mass is 10.1. The van der Waals surface area contributed by atoms with E-state index in [2.05, 4.69) is 15.3 Å². The van der Waals surface area contributed by atoms with Crippen LogP contribution in [0, 0.1) is 13.8 Å². The summed E-state index contributed by atoms with van der Waals surface area (Å²) in [7, 11) is 1.35. The molecular formula is C19H20N4O3S2. The molecule has 0 atom stereocenters. The molecule has 1 amide bonds. The molecule has 0 aliphatic heterocycles. The molecule has 1 aromatic carbocycles. The number of hydrogen-bond acceptors (Lipinski definition) is 7. The number of thioether (sulfide) groups is 1. The Balaban J connectivity index is 1.76. The van der Waals surface area contributed by atoms with Gasteiger partial charge in [0.1, 0.15) is 6.54 Å². The van der Waals surface area contributed by atoms with Gasteiger partial charge in [0.05, 0.1) is 30.4 Å². The average molecular weight is 417 g/mol. The minimum absolute atomic E-state index is 0.0232. The van der Waals surface area contributed by atoms with Crippen LogP contribution in [0.25, 0.3) is 11.3 Å². The van der Waals surface area contributed by atoms with E-state index in [0.29, 0.717) is 10.3 Å². The van der Waals surface area contributed by atoms with Crippen LogP contribution in [0.15, 0.2) is 41.0 Å². The van der Waals surface area contributed by atoms with Crippen LogP contribution in [0.1, 0.15) is 11.3 Å². The highest BCUT2D eigenvalue weighted by atomic mass is 32.2. The summed E-state index contributed by atoms with van der Waals surface area (Å²) in [6.45, 7) is 3.91. The highest BCUT2D eigenvalue weighted by Crippen LogP contribution is 2.27. The number of rotatable bonds is 7. The van der Waals surface area contributed by atoms with Crippen LogP contribution in [0.2, 0.25) is 0 Å². The second kappa shape index (κ2) is 9.03. The van der Waals surface area contributed by atoms with E-state index in [0.717, 1.165) is 22.5 Å². The molecule has 0 spiro atoms. The van der Waals surface area contributed by atoms with E-state index < -0.39 is 0 Å². The maximum Gasteiger partial charge on any atom is 0.325 e. The number of benzene rings is 1. The predicted molar refractivity (Wildman–Crippen MR) is 111 cm³/mol. The minimum Gasteiger partial charge on any atom is -0.468 e. The van der Waals surface area contributed by atoms with Crippen molar-refractivity contribution >= 4 is 40.1 Å². The number of carbonyl (C=O) groups excluding carboxylic acids is 2. The Hall–Kier alpha value is -2.65. The smallest absolute Gasteiger partial charge is 0.325 e. The molecule has 9 heteroatoms. The summed E-state index contributed by atoms with van der Waals surface area (Å²) < 4.78 is 6.58. The fraction of sp³-hybridized carbons (Fsp3) is 0.263. The van der Waals surface area contributed by atoms with Crippen molar-refractivity contribution in [1.82, 2.24) is 14.5 Å². The molecule has 0 aliphatic rings. The molecule has 1 N–H and O–H groups in total. The van der Waals surface area contributed by atoms with Gasteiger partial charge in [0.15, 0.2) is 10.3 Å². The standard InChI is InChI=1S/C19H20N4O3S2/c1-12-4-6-14(7-5-12)15-8-20-19(23(15)9-17(25)26-3)28-11-16(24)22-18-21-13(2)10-27-18/h4-8,10H,9,11H2,1-3H3,(H,21,22,24). The number of aryl methyl sites for hydroxylation is 2. The number of thiazole rings is 1. The second-order valence-corrected chi connectivity index (χ2v) is 7.89. The molecule has 0 fully saturated rings. The molecule has 2 heterocycles. The summed E-state index contributed by atoms with van der Waals surface area (Å²) in [4.78, 5) is 32.7. The zero-order valence-electron chi connectivity index (χ0n) is 15.8. The normalized spacial score (nSPS) is 10.7. The van der Waals surface area contributed by atoms with Gasteiger partial charge in [-0.2, -0.15) is 0 Å². The Bertz CT molecular complexity index is 979. The van der Waals surface area contributed by atoms with Gasteiger partial charge in [0, 0.05) is 5.38 Å². The summed E-state index contributed by atoms with van der Waals surface area (Å²) in [5, 5.41) is 5.79. The third-order valence-corrected chi connectivity index (χ3v) is 5.75. The molecular weight excluding hydrogens is 396 g/mol. The van der Waals surface area contributed by atoms with E-state index in [1.807, 2.05) is 43.5 Å². The van der Waals surface area contributed by atoms with Gasteiger partial charge < -0.3 is 14.6 Å². The molecule has 3 aromatic rings. The van der Waals surface area contributed by atoms with Gasteiger partial charge in [0.2, 0.25) is 5.91 Å². The van der Waals surface area contributed by atoms with Crippen LogP contribution < -0.4 is 5.32 Å². The maximum atomic E-state index is 12.2. The van der Waals surface area contributed by atoms with Crippen molar-refractivity contribution in [3.8, 4) is 11.3 Å². The van der Waals surface area contributed by atoms with Gasteiger partial charge in [0.25, 0.3) is 0 Å². The van der Waals surface area contributed by atoms with Crippen LogP contribution in [0.4, 0.5) is 5.13 Å². The average Bonchev–Trinajstić information content (AvgIpc) is 3.26. The van der Waals surface area contributed by atoms with Gasteiger partial charge in [-0.3, -0.25) is 9.59 Å². The Kier molecular flexibility index (Phi) is 6.48. The van der Waals surface area contributed by atoms with Crippen molar-refractivity contribution in [2.45, 2.75) is 25.5 Å². The Labute approximate surface area is 171 Å². The topological polar surface area (TPSA) is 86.1 Å². The molecule has 0 radical (unpaired) electrons. The lowest BCUT2D eigenvalue weighted by Gasteiger charge is -2.11. The largest absolute Gasteiger partial charge is 0.468 e.